The normalized spacial score (nSPS) is 12.7. The third-order valence-corrected chi connectivity index (χ3v) is 10.3. The molecule has 3 nitrogen and oxygen atoms in total. The minimum absolute atomic E-state index is 0.0676. The number of fused-ring (bicyclic) bond motifs is 8. The summed E-state index contributed by atoms with van der Waals surface area (Å²) in [5, 5.41) is 6.11. The number of hydrogen-bond acceptors (Lipinski definition) is 1. The lowest BCUT2D eigenvalue weighted by atomic mass is 9.85. The third kappa shape index (κ3) is 4.56. The zero-order chi connectivity index (χ0) is 33.7. The van der Waals surface area contributed by atoms with E-state index >= 15 is 0 Å². The van der Waals surface area contributed by atoms with Crippen molar-refractivity contribution in [2.75, 3.05) is 0 Å². The van der Waals surface area contributed by atoms with E-state index in [1.54, 1.807) is 0 Å². The maximum Gasteiger partial charge on any atom is 0.213 e. The SMILES string of the molecule is CC(C)(C)c1ccc2c(c1)c1cc(C(C)(C)C)ccc1n2-c1ccc(-c2cccc3c2c2c4ccccc4oc2n3-c2ccccc2)cc1. The molecule has 3 aromatic heterocycles. The van der Waals surface area contributed by atoms with Gasteiger partial charge in [0.15, 0.2) is 0 Å². The molecule has 0 bridgehead atoms. The number of rotatable bonds is 3. The van der Waals surface area contributed by atoms with Gasteiger partial charge < -0.3 is 8.98 Å². The molecule has 0 saturated carbocycles. The standard InChI is InChI=1S/C46H40N2O/c1-45(2,3)30-21-25-38-36(27-30)37-28-31(46(4,5)6)22-26-39(37)47(38)33-23-19-29(20-24-33)34-16-12-17-40-42(34)43-35-15-10-11-18-41(35)49-44(43)48(40)32-13-8-7-9-14-32/h7-28H,1-6H3. The second kappa shape index (κ2) is 10.5. The summed E-state index contributed by atoms with van der Waals surface area (Å²) < 4.78 is 11.3. The molecule has 0 amide bonds. The van der Waals surface area contributed by atoms with Crippen LogP contribution >= 0.6 is 0 Å². The quantitative estimate of drug-likeness (QED) is 0.189. The van der Waals surface area contributed by atoms with Crippen LogP contribution in [0.15, 0.2) is 138 Å². The van der Waals surface area contributed by atoms with Crippen molar-refractivity contribution in [2.45, 2.75) is 52.4 Å². The van der Waals surface area contributed by atoms with E-state index in [-0.39, 0.29) is 10.8 Å². The Hall–Kier alpha value is -5.54. The molecule has 6 aromatic carbocycles. The average molecular weight is 637 g/mol. The largest absolute Gasteiger partial charge is 0.439 e. The topological polar surface area (TPSA) is 23.0 Å². The molecule has 240 valence electrons. The van der Waals surface area contributed by atoms with Crippen molar-refractivity contribution >= 4 is 54.8 Å². The lowest BCUT2D eigenvalue weighted by Gasteiger charge is -2.19. The Bertz CT molecular complexity index is 2630. The van der Waals surface area contributed by atoms with Gasteiger partial charge in [-0.25, -0.2) is 0 Å². The van der Waals surface area contributed by atoms with Crippen LogP contribution in [0.2, 0.25) is 0 Å². The van der Waals surface area contributed by atoms with E-state index in [1.807, 2.05) is 6.07 Å². The summed E-state index contributed by atoms with van der Waals surface area (Å²) in [5.41, 5.74) is 12.8. The molecular formula is C46H40N2O. The molecule has 0 N–H and O–H groups in total. The predicted octanol–water partition coefficient (Wildman–Crippen LogP) is 12.9. The van der Waals surface area contributed by atoms with Crippen molar-refractivity contribution in [2.24, 2.45) is 0 Å². The molecule has 0 saturated heterocycles. The highest BCUT2D eigenvalue weighted by molar-refractivity contribution is 6.24. The molecule has 3 heterocycles. The zero-order valence-electron chi connectivity index (χ0n) is 29.0. The van der Waals surface area contributed by atoms with Crippen molar-refractivity contribution in [3.63, 3.8) is 0 Å². The van der Waals surface area contributed by atoms with E-state index in [0.29, 0.717) is 0 Å². The Morgan fingerprint density at radius 3 is 1.67 bits per heavy atom. The van der Waals surface area contributed by atoms with Crippen molar-refractivity contribution in [1.29, 1.82) is 0 Å². The van der Waals surface area contributed by atoms with Crippen molar-refractivity contribution in [1.82, 2.24) is 9.13 Å². The van der Waals surface area contributed by atoms with Crippen LogP contribution in [0.3, 0.4) is 0 Å². The molecule has 0 aliphatic carbocycles. The van der Waals surface area contributed by atoms with Gasteiger partial charge in [0.25, 0.3) is 0 Å². The van der Waals surface area contributed by atoms with Crippen LogP contribution in [-0.4, -0.2) is 9.13 Å². The third-order valence-electron chi connectivity index (χ3n) is 10.3. The molecule has 3 heteroatoms. The summed E-state index contributed by atoms with van der Waals surface area (Å²) in [7, 11) is 0. The molecule has 9 aromatic rings. The molecule has 0 fully saturated rings. The first-order valence-electron chi connectivity index (χ1n) is 17.3. The average Bonchev–Trinajstić information content (AvgIpc) is 3.74. The van der Waals surface area contributed by atoms with Crippen LogP contribution in [0.25, 0.3) is 77.3 Å². The van der Waals surface area contributed by atoms with Crippen molar-refractivity contribution < 1.29 is 4.42 Å². The maximum absolute atomic E-state index is 6.58. The van der Waals surface area contributed by atoms with Crippen LogP contribution in [-0.2, 0) is 10.8 Å². The van der Waals surface area contributed by atoms with E-state index < -0.39 is 0 Å². The fraction of sp³-hybridized carbons (Fsp3) is 0.174. The van der Waals surface area contributed by atoms with E-state index in [4.69, 9.17) is 4.42 Å². The fourth-order valence-corrected chi connectivity index (χ4v) is 7.63. The number of aromatic nitrogens is 2. The number of benzene rings is 6. The van der Waals surface area contributed by atoms with Gasteiger partial charge in [0.2, 0.25) is 5.71 Å². The first-order valence-corrected chi connectivity index (χ1v) is 17.3. The molecule has 0 radical (unpaired) electrons. The minimum Gasteiger partial charge on any atom is -0.439 e. The highest BCUT2D eigenvalue weighted by Crippen LogP contribution is 2.44. The van der Waals surface area contributed by atoms with Crippen LogP contribution < -0.4 is 0 Å². The van der Waals surface area contributed by atoms with Crippen LogP contribution in [0.4, 0.5) is 0 Å². The second-order valence-corrected chi connectivity index (χ2v) is 15.5. The molecule has 9 rings (SSSR count). The Morgan fingerprint density at radius 2 is 1.04 bits per heavy atom. The van der Waals surface area contributed by atoms with Gasteiger partial charge in [-0.2, -0.15) is 0 Å². The van der Waals surface area contributed by atoms with Gasteiger partial charge in [-0.1, -0.05) is 114 Å². The molecule has 0 aliphatic rings. The zero-order valence-corrected chi connectivity index (χ0v) is 29.0. The summed E-state index contributed by atoms with van der Waals surface area (Å²) in [6.07, 6.45) is 0. The van der Waals surface area contributed by atoms with Crippen LogP contribution in [0.1, 0.15) is 52.7 Å². The van der Waals surface area contributed by atoms with E-state index in [1.165, 1.54) is 49.4 Å². The number of furan rings is 1. The van der Waals surface area contributed by atoms with Gasteiger partial charge >= 0.3 is 0 Å². The van der Waals surface area contributed by atoms with Crippen molar-refractivity contribution in [3.8, 4) is 22.5 Å². The maximum atomic E-state index is 6.58. The van der Waals surface area contributed by atoms with Gasteiger partial charge in [-0.05, 0) is 93.7 Å². The van der Waals surface area contributed by atoms with Crippen molar-refractivity contribution in [3.05, 3.63) is 145 Å². The second-order valence-electron chi connectivity index (χ2n) is 15.5. The summed E-state index contributed by atoms with van der Waals surface area (Å²) in [6, 6.07) is 48.7. The number of hydrogen-bond donors (Lipinski definition) is 0. The van der Waals surface area contributed by atoms with Gasteiger partial charge in [0, 0.05) is 32.9 Å². The highest BCUT2D eigenvalue weighted by Gasteiger charge is 2.23. The first kappa shape index (κ1) is 29.6. The summed E-state index contributed by atoms with van der Waals surface area (Å²) in [5.74, 6) is 0. The minimum atomic E-state index is 0.0676. The fourth-order valence-electron chi connectivity index (χ4n) is 7.63. The van der Waals surface area contributed by atoms with E-state index in [0.717, 1.165) is 39.0 Å². The van der Waals surface area contributed by atoms with E-state index in [2.05, 4.69) is 178 Å². The van der Waals surface area contributed by atoms with Crippen LogP contribution in [0, 0.1) is 0 Å². The number of para-hydroxylation sites is 2. The van der Waals surface area contributed by atoms with Gasteiger partial charge in [-0.15, -0.1) is 0 Å². The van der Waals surface area contributed by atoms with Crippen LogP contribution in [0.5, 0.6) is 0 Å². The first-order chi connectivity index (χ1) is 23.6. The smallest absolute Gasteiger partial charge is 0.213 e. The summed E-state index contributed by atoms with van der Waals surface area (Å²) >= 11 is 0. The Kier molecular flexibility index (Phi) is 6.33. The molecule has 0 spiro atoms. The summed E-state index contributed by atoms with van der Waals surface area (Å²) in [6.45, 7) is 13.8. The molecule has 0 aliphatic heterocycles. The molecule has 0 unspecified atom stereocenters. The summed E-state index contributed by atoms with van der Waals surface area (Å²) in [4.78, 5) is 0. The Morgan fingerprint density at radius 1 is 0.449 bits per heavy atom. The Labute approximate surface area is 287 Å². The predicted molar refractivity (Wildman–Crippen MR) is 208 cm³/mol. The van der Waals surface area contributed by atoms with E-state index in [9.17, 15) is 0 Å². The number of nitrogens with zero attached hydrogens (tertiary/aromatic N) is 2. The lowest BCUT2D eigenvalue weighted by Crippen LogP contribution is -2.10. The van der Waals surface area contributed by atoms with Gasteiger partial charge in [-0.3, -0.25) is 4.57 Å². The molecule has 0 atom stereocenters. The van der Waals surface area contributed by atoms with Gasteiger partial charge in [0.05, 0.1) is 21.9 Å². The monoisotopic (exact) mass is 636 g/mol. The molecule has 49 heavy (non-hydrogen) atoms. The lowest BCUT2D eigenvalue weighted by molar-refractivity contribution is 0.590. The molecular weight excluding hydrogens is 597 g/mol. The Balaban J connectivity index is 1.26. The highest BCUT2D eigenvalue weighted by atomic mass is 16.3. The van der Waals surface area contributed by atoms with Gasteiger partial charge in [0.1, 0.15) is 5.58 Å².